The fourth-order valence-corrected chi connectivity index (χ4v) is 11.9. The zero-order valence-corrected chi connectivity index (χ0v) is 79.5. The molecule has 1 aliphatic rings. The van der Waals surface area contributed by atoms with Gasteiger partial charge in [-0.2, -0.15) is 0 Å². The van der Waals surface area contributed by atoms with E-state index in [1.165, 1.54) is 0 Å². The lowest BCUT2D eigenvalue weighted by atomic mass is 9.76. The second-order valence-electron chi connectivity index (χ2n) is 30.1. The number of hydrogen-bond donors (Lipinski definition) is 1. The smallest absolute Gasteiger partial charge is 0.335 e. The molecule has 0 radical (unpaired) electrons. The normalized spacial score (nSPS) is 12.3. The molecule has 37 heteroatoms. The average molecular weight is 1870 g/mol. The number of rotatable bonds is 109. The van der Waals surface area contributed by atoms with Crippen LogP contribution in [-0.4, -0.2) is 390 Å². The molecule has 0 aromatic heterocycles. The summed E-state index contributed by atoms with van der Waals surface area (Å²) in [6.45, 7) is 28.3. The number of carbonyl (C=O) groups is 7. The molecule has 0 spiro atoms. The minimum Gasteiger partial charge on any atom is -0.466 e. The second kappa shape index (κ2) is 101. The van der Waals surface area contributed by atoms with Crippen LogP contribution in [0.5, 0.6) is 0 Å². The van der Waals surface area contributed by atoms with Gasteiger partial charge in [-0.05, 0) is 44.9 Å². The van der Waals surface area contributed by atoms with Crippen LogP contribution in [0.25, 0.3) is 0 Å². The Hall–Kier alpha value is -4.47. The Bertz CT molecular complexity index is 2400. The van der Waals surface area contributed by atoms with Crippen molar-refractivity contribution in [3.8, 4) is 0 Å². The molecule has 0 aromatic rings. The molecule has 37 nitrogen and oxygen atoms in total. The fourth-order valence-electron chi connectivity index (χ4n) is 11.9. The molecule has 1 saturated heterocycles. The van der Waals surface area contributed by atoms with Crippen LogP contribution in [0.3, 0.4) is 0 Å². The third-order valence-corrected chi connectivity index (χ3v) is 19.3. The van der Waals surface area contributed by atoms with Crippen LogP contribution in [0.15, 0.2) is 0 Å². The molecule has 760 valence electrons. The number of carbonyl (C=O) groups excluding carboxylic acids is 7. The van der Waals surface area contributed by atoms with Gasteiger partial charge in [0.05, 0.1) is 343 Å². The summed E-state index contributed by atoms with van der Waals surface area (Å²) in [6, 6.07) is 0. The largest absolute Gasteiger partial charge is 0.466 e. The number of hydrogen-bond acceptors (Lipinski definition) is 35. The van der Waals surface area contributed by atoms with Gasteiger partial charge in [0, 0.05) is 32.2 Å². The number of imide groups is 1. The second-order valence-corrected chi connectivity index (χ2v) is 30.1. The maximum absolute atomic E-state index is 14.3. The highest BCUT2D eigenvalue weighted by molar-refractivity contribution is 6.03. The predicted molar refractivity (Wildman–Crippen MR) is 477 cm³/mol. The number of amides is 3. The number of nitrogens with one attached hydrogen (secondary N) is 1. The highest BCUT2D eigenvalue weighted by atomic mass is 16.7. The van der Waals surface area contributed by atoms with Crippen LogP contribution in [0.4, 0.5) is 0 Å². The van der Waals surface area contributed by atoms with Gasteiger partial charge in [0.1, 0.15) is 5.41 Å². The highest BCUT2D eigenvalue weighted by Gasteiger charge is 2.46. The monoisotopic (exact) mass is 1870 g/mol. The van der Waals surface area contributed by atoms with E-state index in [0.29, 0.717) is 348 Å². The van der Waals surface area contributed by atoms with Gasteiger partial charge in [-0.15, -0.1) is 5.06 Å². The lowest BCUT2D eigenvalue weighted by molar-refractivity contribution is -0.198. The van der Waals surface area contributed by atoms with Crippen molar-refractivity contribution in [3.05, 3.63) is 0 Å². The molecule has 0 saturated carbocycles. The van der Waals surface area contributed by atoms with Crippen molar-refractivity contribution in [3.63, 3.8) is 0 Å². The van der Waals surface area contributed by atoms with E-state index in [2.05, 4.69) is 26.1 Å². The van der Waals surface area contributed by atoms with Crippen molar-refractivity contribution in [2.75, 3.05) is 343 Å². The summed E-state index contributed by atoms with van der Waals surface area (Å²) < 4.78 is 150. The van der Waals surface area contributed by atoms with Gasteiger partial charge in [-0.3, -0.25) is 28.8 Å². The van der Waals surface area contributed by atoms with E-state index >= 15 is 0 Å². The van der Waals surface area contributed by atoms with Crippen LogP contribution in [0.1, 0.15) is 207 Å². The van der Waals surface area contributed by atoms with E-state index in [1.807, 2.05) is 0 Å². The van der Waals surface area contributed by atoms with Gasteiger partial charge >= 0.3 is 23.9 Å². The maximum atomic E-state index is 14.3. The Morgan fingerprint density at radius 1 is 0.233 bits per heavy atom. The van der Waals surface area contributed by atoms with Gasteiger partial charge in [0.2, 0.25) is 5.91 Å². The maximum Gasteiger partial charge on any atom is 0.335 e. The van der Waals surface area contributed by atoms with E-state index in [0.717, 1.165) is 141 Å². The van der Waals surface area contributed by atoms with Gasteiger partial charge in [-0.25, -0.2) is 4.79 Å². The molecule has 0 aromatic carbocycles. The summed E-state index contributed by atoms with van der Waals surface area (Å²) in [6.07, 6.45) is 22.7. The summed E-state index contributed by atoms with van der Waals surface area (Å²) in [4.78, 5) is 91.7. The predicted octanol–water partition coefficient (Wildman–Crippen LogP) is 9.32. The van der Waals surface area contributed by atoms with Crippen LogP contribution in [-0.2, 0) is 166 Å². The van der Waals surface area contributed by atoms with Crippen molar-refractivity contribution >= 4 is 41.6 Å². The zero-order chi connectivity index (χ0) is 92.9. The number of unbranched alkanes of at least 4 members (excludes halogenated alkanes) is 17. The molecule has 1 rings (SSSR count). The van der Waals surface area contributed by atoms with Crippen molar-refractivity contribution in [2.24, 2.45) is 5.41 Å². The van der Waals surface area contributed by atoms with Gasteiger partial charge in [0.15, 0.2) is 0 Å². The summed E-state index contributed by atoms with van der Waals surface area (Å²) in [5.41, 5.74) is -1.27. The Labute approximate surface area is 771 Å². The number of hydroxylamine groups is 2. The van der Waals surface area contributed by atoms with Crippen molar-refractivity contribution in [1.82, 2.24) is 10.4 Å². The van der Waals surface area contributed by atoms with E-state index < -0.39 is 29.2 Å². The van der Waals surface area contributed by atoms with Gasteiger partial charge < -0.3 is 138 Å². The molecule has 0 aliphatic carbocycles. The van der Waals surface area contributed by atoms with Crippen molar-refractivity contribution < 1.29 is 166 Å². The first-order chi connectivity index (χ1) is 63.6. The molecule has 0 unspecified atom stereocenters. The van der Waals surface area contributed by atoms with E-state index in [9.17, 15) is 33.6 Å². The zero-order valence-electron chi connectivity index (χ0n) is 79.5. The SMILES string of the molecule is CCCCOC(=O)CCCCCCCCCCC(CCCCCCCCCCC(=O)OCCCC)(C(=O)NCCOCCOCCOCCOCCOCCOCCOCCOCCOCCOCCOCCOCCOCCOCCOCCOCCOCCOCCOCCOCCOCCOCCOCCOCCC(=O)ON1C(=O)CCC1=O)C(=O)OCCCC. The van der Waals surface area contributed by atoms with Crippen LogP contribution < -0.4 is 5.32 Å². The third kappa shape index (κ3) is 86.1. The lowest BCUT2D eigenvalue weighted by Crippen LogP contribution is -2.48. The van der Waals surface area contributed by atoms with Gasteiger partial charge in [-0.1, -0.05) is 130 Å². The Morgan fingerprint density at radius 2 is 0.434 bits per heavy atom. The first-order valence-electron chi connectivity index (χ1n) is 48.3. The first kappa shape index (κ1) is 123. The molecular formula is C92H172N2O35. The Morgan fingerprint density at radius 3 is 0.667 bits per heavy atom. The van der Waals surface area contributed by atoms with E-state index in [1.54, 1.807) is 0 Å². The lowest BCUT2D eigenvalue weighted by Gasteiger charge is -2.31. The fraction of sp³-hybridized carbons (Fsp3) is 0.924. The molecule has 1 fully saturated rings. The molecule has 1 heterocycles. The van der Waals surface area contributed by atoms with Crippen LogP contribution in [0, 0.1) is 5.41 Å². The van der Waals surface area contributed by atoms with E-state index in [4.69, 9.17) is 133 Å². The molecular weight excluding hydrogens is 1690 g/mol. The molecule has 0 bridgehead atoms. The summed E-state index contributed by atoms with van der Waals surface area (Å²) >= 11 is 0. The van der Waals surface area contributed by atoms with Crippen LogP contribution >= 0.6 is 0 Å². The molecule has 0 atom stereocenters. The first-order valence-corrected chi connectivity index (χ1v) is 48.3. The standard InChI is InChI=1S/C92H172N2O35/c1-4-7-34-126-87(97)26-22-18-14-10-12-16-20-24-31-92(91(101)128-36-9-6-3,32-25-21-17-13-11-15-19-23-27-88(98)127-35-8-5-2)90(100)93-33-38-103-40-42-105-44-46-107-48-50-109-52-54-111-56-58-113-60-62-115-64-66-117-68-70-119-72-74-121-76-78-123-80-82-125-84-83-124-81-79-122-77-75-120-73-71-118-69-67-116-65-63-114-61-59-112-57-55-110-53-51-108-49-47-106-45-43-104-41-39-102-37-30-89(99)129-94-85(95)28-29-86(94)96/h4-84H2,1-3H3,(H,93,100). The summed E-state index contributed by atoms with van der Waals surface area (Å²) in [5, 5.41) is 3.56. The van der Waals surface area contributed by atoms with Crippen LogP contribution in [0.2, 0.25) is 0 Å². The third-order valence-electron chi connectivity index (χ3n) is 19.3. The topological polar surface area (TPSA) is 393 Å². The van der Waals surface area contributed by atoms with Crippen molar-refractivity contribution in [1.29, 1.82) is 0 Å². The average Bonchev–Trinajstić information content (AvgIpc) is 1.12. The molecule has 1 N–H and O–H groups in total. The van der Waals surface area contributed by atoms with Gasteiger partial charge in [0.25, 0.3) is 11.8 Å². The number of ether oxygens (including phenoxy) is 27. The minimum absolute atomic E-state index is 0.0486. The van der Waals surface area contributed by atoms with Crippen molar-refractivity contribution in [2.45, 2.75) is 207 Å². The molecule has 1 aliphatic heterocycles. The highest BCUT2D eigenvalue weighted by Crippen LogP contribution is 2.35. The number of nitrogens with zero attached hydrogens (tertiary/aromatic N) is 1. The summed E-state index contributed by atoms with van der Waals surface area (Å²) in [5.74, 6) is -2.66. The Kier molecular flexibility index (Phi) is 95.9. The number of esters is 3. The minimum atomic E-state index is -1.27. The summed E-state index contributed by atoms with van der Waals surface area (Å²) in [7, 11) is 0. The molecule has 129 heavy (non-hydrogen) atoms. The van der Waals surface area contributed by atoms with E-state index in [-0.39, 0.29) is 63.5 Å². The quantitative estimate of drug-likeness (QED) is 0.0195. The molecule has 3 amide bonds. The Balaban J connectivity index is 1.85.